The molecule has 0 aliphatic heterocycles. The fourth-order valence-corrected chi connectivity index (χ4v) is 4.13. The number of alkyl halides is 3. The van der Waals surface area contributed by atoms with E-state index in [0.29, 0.717) is 0 Å². The van der Waals surface area contributed by atoms with Gasteiger partial charge >= 0.3 is 17.9 Å². The molecule has 0 aromatic heterocycles. The number of rotatable bonds is 19. The van der Waals surface area contributed by atoms with Crippen molar-refractivity contribution in [3.63, 3.8) is 0 Å². The number of esters is 3. The first-order chi connectivity index (χ1) is 23.0. The van der Waals surface area contributed by atoms with Crippen molar-refractivity contribution in [2.24, 2.45) is 17.6 Å². The van der Waals surface area contributed by atoms with Gasteiger partial charge in [-0.3, -0.25) is 28.8 Å². The normalized spacial score (nSPS) is 14.7. The average molecular weight is 774 g/mol. The Hall–Kier alpha value is -3.67. The number of hydrogen-bond donors (Lipinski definition) is 5. The van der Waals surface area contributed by atoms with Gasteiger partial charge in [-0.1, -0.05) is 62.2 Å². The van der Waals surface area contributed by atoms with Crippen LogP contribution in [0.25, 0.3) is 0 Å². The number of hydrogen-bond acceptors (Lipinski definition) is 12. The summed E-state index contributed by atoms with van der Waals surface area (Å²) in [6.07, 6.45) is -0.162. The molecule has 20 heteroatoms. The minimum atomic E-state index is -1.88. The molecular formula is C30H47Cl3N6O11. The van der Waals surface area contributed by atoms with Crippen LogP contribution in [0.2, 0.25) is 0 Å². The lowest BCUT2D eigenvalue weighted by atomic mass is 9.98. The molecule has 50 heavy (non-hydrogen) atoms. The van der Waals surface area contributed by atoms with Crippen LogP contribution in [-0.4, -0.2) is 114 Å². The lowest BCUT2D eigenvalue weighted by Gasteiger charge is -2.27. The summed E-state index contributed by atoms with van der Waals surface area (Å²) in [6.45, 7) is 10.5. The maximum atomic E-state index is 13.4. The van der Waals surface area contributed by atoms with Gasteiger partial charge in [-0.2, -0.15) is 0 Å². The third kappa shape index (κ3) is 16.4. The second-order valence-electron chi connectivity index (χ2n) is 11.7. The summed E-state index contributed by atoms with van der Waals surface area (Å²) < 4.78 is 12.2. The highest BCUT2D eigenvalue weighted by Crippen LogP contribution is 2.26. The lowest BCUT2D eigenvalue weighted by molar-refractivity contribution is -0.150. The molecule has 0 radical (unpaired) electrons. The monoisotopic (exact) mass is 772 g/mol. The number of carbonyl (C=O) groups excluding carboxylic acids is 8. The van der Waals surface area contributed by atoms with Crippen LogP contribution in [0, 0.1) is 11.8 Å². The third-order valence-electron chi connectivity index (χ3n) is 7.05. The van der Waals surface area contributed by atoms with Crippen molar-refractivity contribution in [3.05, 3.63) is 12.3 Å². The van der Waals surface area contributed by atoms with Crippen molar-refractivity contribution >= 4 is 82.2 Å². The zero-order valence-electron chi connectivity index (χ0n) is 29.2. The topological polar surface area (TPSA) is 242 Å². The van der Waals surface area contributed by atoms with Gasteiger partial charge in [-0.25, -0.2) is 9.59 Å². The number of nitrogens with two attached hydrogens (primary N) is 1. The summed E-state index contributed by atoms with van der Waals surface area (Å²) in [4.78, 5) is 102. The SMILES string of the molecule is C=C(C(=O)N[C@H](C)C(=O)N[C@@H](CC(C)C)C(=O)N[C@@H](C(=O)OC)[C@H](C)C(=O)N[C@@H](C)C(=O)OCC(Cl)(Cl)Cl)N(C)C(=O)CC[C@@H](N)C(=O)OC. The highest BCUT2D eigenvalue weighted by molar-refractivity contribution is 6.67. The highest BCUT2D eigenvalue weighted by Gasteiger charge is 2.37. The fourth-order valence-electron chi connectivity index (χ4n) is 3.97. The molecular weight excluding hydrogens is 727 g/mol. The summed E-state index contributed by atoms with van der Waals surface area (Å²) in [6, 6.07) is -6.30. The van der Waals surface area contributed by atoms with Gasteiger partial charge in [0.05, 0.1) is 20.1 Å². The van der Waals surface area contributed by atoms with Crippen LogP contribution < -0.4 is 27.0 Å². The second kappa shape index (κ2) is 21.5. The van der Waals surface area contributed by atoms with Crippen LogP contribution in [-0.2, 0) is 52.6 Å². The Labute approximate surface area is 305 Å². The van der Waals surface area contributed by atoms with Crippen molar-refractivity contribution in [2.45, 2.75) is 87.9 Å². The third-order valence-corrected chi connectivity index (χ3v) is 7.38. The summed E-state index contributed by atoms with van der Waals surface area (Å²) in [7, 11) is 3.47. The predicted octanol–water partition coefficient (Wildman–Crippen LogP) is -0.0134. The van der Waals surface area contributed by atoms with E-state index in [1.54, 1.807) is 13.8 Å². The smallest absolute Gasteiger partial charge is 0.329 e. The Kier molecular flexibility index (Phi) is 19.9. The quantitative estimate of drug-likeness (QED) is 0.0504. The molecule has 0 rings (SSSR count). The van der Waals surface area contributed by atoms with Crippen molar-refractivity contribution in [1.82, 2.24) is 26.2 Å². The van der Waals surface area contributed by atoms with E-state index >= 15 is 0 Å². The van der Waals surface area contributed by atoms with Crippen LogP contribution in [0.4, 0.5) is 0 Å². The second-order valence-corrected chi connectivity index (χ2v) is 14.2. The van der Waals surface area contributed by atoms with Gasteiger partial charge in [-0.05, 0) is 32.6 Å². The number of nitrogens with one attached hydrogen (secondary N) is 4. The largest absolute Gasteiger partial charge is 0.468 e. The van der Waals surface area contributed by atoms with Gasteiger partial charge < -0.3 is 46.1 Å². The van der Waals surface area contributed by atoms with Crippen molar-refractivity contribution < 1.29 is 52.6 Å². The molecule has 0 bridgehead atoms. The number of carbonyl (C=O) groups is 8. The molecule has 5 amide bonds. The molecule has 17 nitrogen and oxygen atoms in total. The number of halogens is 3. The Morgan fingerprint density at radius 3 is 1.84 bits per heavy atom. The summed E-state index contributed by atoms with van der Waals surface area (Å²) >= 11 is 16.7. The average Bonchev–Trinajstić information content (AvgIpc) is 3.04. The van der Waals surface area contributed by atoms with Gasteiger partial charge in [0, 0.05) is 13.5 Å². The first-order valence-corrected chi connectivity index (χ1v) is 16.4. The maximum absolute atomic E-state index is 13.4. The number of nitrogens with zero attached hydrogens (tertiary/aromatic N) is 1. The Morgan fingerprint density at radius 1 is 0.780 bits per heavy atom. The van der Waals surface area contributed by atoms with Crippen LogP contribution in [0.5, 0.6) is 0 Å². The molecule has 284 valence electrons. The minimum absolute atomic E-state index is 0.0451. The Morgan fingerprint density at radius 2 is 1.34 bits per heavy atom. The predicted molar refractivity (Wildman–Crippen MR) is 182 cm³/mol. The molecule has 6 atom stereocenters. The zero-order valence-corrected chi connectivity index (χ0v) is 31.5. The molecule has 0 aliphatic rings. The van der Waals surface area contributed by atoms with E-state index in [0.717, 1.165) is 19.1 Å². The molecule has 0 aromatic carbocycles. The molecule has 0 heterocycles. The maximum Gasteiger partial charge on any atom is 0.329 e. The van der Waals surface area contributed by atoms with E-state index in [2.05, 4.69) is 32.6 Å². The first kappa shape index (κ1) is 46.3. The van der Waals surface area contributed by atoms with Gasteiger partial charge in [0.2, 0.25) is 27.4 Å². The van der Waals surface area contributed by atoms with E-state index in [1.807, 2.05) is 0 Å². The molecule has 0 spiro atoms. The van der Waals surface area contributed by atoms with Crippen LogP contribution in [0.3, 0.4) is 0 Å². The lowest BCUT2D eigenvalue weighted by Crippen LogP contribution is -2.58. The number of methoxy groups -OCH3 is 2. The van der Waals surface area contributed by atoms with Crippen molar-refractivity contribution in [3.8, 4) is 0 Å². The Bertz CT molecular complexity index is 1280. The molecule has 0 saturated heterocycles. The summed E-state index contributed by atoms with van der Waals surface area (Å²) in [5, 5.41) is 9.68. The molecule has 0 unspecified atom stereocenters. The van der Waals surface area contributed by atoms with E-state index < -0.39 is 94.0 Å². The summed E-state index contributed by atoms with van der Waals surface area (Å²) in [5.41, 5.74) is 5.33. The van der Waals surface area contributed by atoms with Gasteiger partial charge in [0.1, 0.15) is 42.5 Å². The fraction of sp³-hybridized carbons (Fsp3) is 0.667. The standard InChI is InChI=1S/C30H47Cl3N6O11/c1-14(2)12-20(37-24(42)16(4)35-25(43)18(6)39(7)21(40)11-10-19(34)28(46)48-8)26(44)38-22(29(47)49-9)15(3)23(41)36-17(5)27(45)50-13-30(31,32)33/h14-17,19-20,22H,6,10-13,34H2,1-5,7-9H3,(H,35,43)(H,36,41)(H,37,42)(H,38,44)/t15-,16+,17-,19+,20-,22+/m0/s1. The highest BCUT2D eigenvalue weighted by atomic mass is 35.6. The van der Waals surface area contributed by atoms with Gasteiger partial charge in [0.25, 0.3) is 5.91 Å². The van der Waals surface area contributed by atoms with Crippen LogP contribution in [0.15, 0.2) is 12.3 Å². The van der Waals surface area contributed by atoms with E-state index in [4.69, 9.17) is 50.0 Å². The zero-order chi connectivity index (χ0) is 39.1. The molecule has 0 fully saturated rings. The molecule has 0 aliphatic carbocycles. The van der Waals surface area contributed by atoms with E-state index in [9.17, 15) is 38.4 Å². The number of amides is 5. The summed E-state index contributed by atoms with van der Waals surface area (Å²) in [5.74, 6) is -8.00. The Balaban J connectivity index is 5.60. The van der Waals surface area contributed by atoms with Crippen LogP contribution >= 0.6 is 34.8 Å². The molecule has 6 N–H and O–H groups in total. The van der Waals surface area contributed by atoms with Gasteiger partial charge in [0.15, 0.2) is 0 Å². The van der Waals surface area contributed by atoms with Gasteiger partial charge in [-0.15, -0.1) is 0 Å². The first-order valence-electron chi connectivity index (χ1n) is 15.3. The molecule has 0 saturated carbocycles. The minimum Gasteiger partial charge on any atom is -0.468 e. The van der Waals surface area contributed by atoms with Crippen LogP contribution in [0.1, 0.15) is 53.9 Å². The van der Waals surface area contributed by atoms with E-state index in [1.165, 1.54) is 27.8 Å². The molecule has 0 aromatic rings. The van der Waals surface area contributed by atoms with Crippen molar-refractivity contribution in [1.29, 1.82) is 0 Å². The van der Waals surface area contributed by atoms with E-state index in [-0.39, 0.29) is 30.9 Å². The number of likely N-dealkylation sites (N-methyl/N-ethyl adjacent to an activating group) is 1. The van der Waals surface area contributed by atoms with Crippen molar-refractivity contribution in [2.75, 3.05) is 27.9 Å². The number of ether oxygens (including phenoxy) is 3.